The first kappa shape index (κ1) is 14.0. The molecule has 0 atom stereocenters. The molecule has 1 aromatic carbocycles. The van der Waals surface area contributed by atoms with Crippen molar-refractivity contribution in [2.75, 3.05) is 6.61 Å². The Kier molecular flexibility index (Phi) is 4.34. The number of carbonyl (C=O) groups excluding carboxylic acids is 1. The Morgan fingerprint density at radius 2 is 2.05 bits per heavy atom. The molecular weight excluding hydrogens is 260 g/mol. The average molecular weight is 276 g/mol. The SMILES string of the molecule is CCCCOC(=O)Cn1c(=O)[nH]c2ccccc2c1=O. The lowest BCUT2D eigenvalue weighted by molar-refractivity contribution is -0.144. The van der Waals surface area contributed by atoms with Gasteiger partial charge in [0.05, 0.1) is 17.5 Å². The maximum Gasteiger partial charge on any atom is 0.329 e. The van der Waals surface area contributed by atoms with Crippen LogP contribution in [0.25, 0.3) is 10.9 Å². The number of aromatic nitrogens is 2. The van der Waals surface area contributed by atoms with Crippen LogP contribution in [0.1, 0.15) is 19.8 Å². The van der Waals surface area contributed by atoms with Crippen LogP contribution in [-0.2, 0) is 16.1 Å². The fraction of sp³-hybridized carbons (Fsp3) is 0.357. The molecule has 0 aliphatic rings. The monoisotopic (exact) mass is 276 g/mol. The number of para-hydroxylation sites is 1. The Balaban J connectivity index is 2.28. The van der Waals surface area contributed by atoms with Gasteiger partial charge < -0.3 is 9.72 Å². The highest BCUT2D eigenvalue weighted by atomic mass is 16.5. The number of fused-ring (bicyclic) bond motifs is 1. The summed E-state index contributed by atoms with van der Waals surface area (Å²) in [6, 6.07) is 6.67. The summed E-state index contributed by atoms with van der Waals surface area (Å²) in [4.78, 5) is 38.1. The maximum atomic E-state index is 12.1. The van der Waals surface area contributed by atoms with E-state index in [1.165, 1.54) is 0 Å². The zero-order valence-electron chi connectivity index (χ0n) is 11.2. The molecule has 1 N–H and O–H groups in total. The van der Waals surface area contributed by atoms with Crippen molar-refractivity contribution < 1.29 is 9.53 Å². The lowest BCUT2D eigenvalue weighted by Crippen LogP contribution is -2.37. The van der Waals surface area contributed by atoms with Crippen LogP contribution in [0.15, 0.2) is 33.9 Å². The third-order valence-corrected chi connectivity index (χ3v) is 2.94. The highest BCUT2D eigenvalue weighted by Gasteiger charge is 2.11. The number of esters is 1. The number of carbonyl (C=O) groups is 1. The standard InChI is InChI=1S/C14H16N2O4/c1-2-3-8-20-12(17)9-16-13(18)10-6-4-5-7-11(10)15-14(16)19/h4-7H,2-3,8-9H2,1H3,(H,15,19). The van der Waals surface area contributed by atoms with E-state index in [9.17, 15) is 14.4 Å². The van der Waals surface area contributed by atoms with Gasteiger partial charge in [-0.05, 0) is 18.6 Å². The molecule has 0 bridgehead atoms. The Hall–Kier alpha value is -2.37. The molecular formula is C14H16N2O4. The number of benzene rings is 1. The van der Waals surface area contributed by atoms with Gasteiger partial charge in [-0.1, -0.05) is 25.5 Å². The molecule has 2 aromatic rings. The first-order valence-corrected chi connectivity index (χ1v) is 6.51. The van der Waals surface area contributed by atoms with Crippen LogP contribution in [0.4, 0.5) is 0 Å². The molecule has 1 heterocycles. The number of H-pyrrole nitrogens is 1. The predicted octanol–water partition coefficient (Wildman–Crippen LogP) is 1.03. The lowest BCUT2D eigenvalue weighted by atomic mass is 10.2. The average Bonchev–Trinajstić information content (AvgIpc) is 2.44. The van der Waals surface area contributed by atoms with Crippen molar-refractivity contribution in [3.8, 4) is 0 Å². The maximum absolute atomic E-state index is 12.1. The van der Waals surface area contributed by atoms with E-state index in [2.05, 4.69) is 4.98 Å². The Labute approximate surface area is 115 Å². The zero-order valence-corrected chi connectivity index (χ0v) is 11.2. The molecule has 6 heteroatoms. The number of rotatable bonds is 5. The summed E-state index contributed by atoms with van der Waals surface area (Å²) in [5.74, 6) is -0.582. The molecule has 0 amide bonds. The van der Waals surface area contributed by atoms with E-state index in [-0.39, 0.29) is 6.54 Å². The van der Waals surface area contributed by atoms with Crippen LogP contribution >= 0.6 is 0 Å². The topological polar surface area (TPSA) is 81.2 Å². The molecule has 0 radical (unpaired) electrons. The van der Waals surface area contributed by atoms with Gasteiger partial charge in [-0.25, -0.2) is 9.36 Å². The van der Waals surface area contributed by atoms with Crippen LogP contribution in [0.2, 0.25) is 0 Å². The van der Waals surface area contributed by atoms with Crippen molar-refractivity contribution in [1.82, 2.24) is 9.55 Å². The van der Waals surface area contributed by atoms with E-state index in [1.54, 1.807) is 24.3 Å². The van der Waals surface area contributed by atoms with E-state index >= 15 is 0 Å². The number of hydrogen-bond donors (Lipinski definition) is 1. The number of unbranched alkanes of at least 4 members (excludes halogenated alkanes) is 1. The van der Waals surface area contributed by atoms with Crippen molar-refractivity contribution in [3.05, 3.63) is 45.1 Å². The van der Waals surface area contributed by atoms with Gasteiger partial charge in [-0.15, -0.1) is 0 Å². The van der Waals surface area contributed by atoms with E-state index in [1.807, 2.05) is 6.92 Å². The molecule has 2 rings (SSSR count). The summed E-state index contributed by atoms with van der Waals surface area (Å²) in [6.45, 7) is 1.91. The summed E-state index contributed by atoms with van der Waals surface area (Å²) < 4.78 is 5.81. The second-order valence-electron chi connectivity index (χ2n) is 4.44. The number of ether oxygens (including phenoxy) is 1. The van der Waals surface area contributed by atoms with Crippen molar-refractivity contribution in [2.24, 2.45) is 0 Å². The first-order valence-electron chi connectivity index (χ1n) is 6.51. The third-order valence-electron chi connectivity index (χ3n) is 2.94. The van der Waals surface area contributed by atoms with Crippen LogP contribution < -0.4 is 11.2 Å². The van der Waals surface area contributed by atoms with Gasteiger partial charge in [0.1, 0.15) is 6.54 Å². The molecule has 0 saturated heterocycles. The molecule has 0 aliphatic carbocycles. The first-order chi connectivity index (χ1) is 9.63. The van der Waals surface area contributed by atoms with Crippen molar-refractivity contribution in [3.63, 3.8) is 0 Å². The second-order valence-corrected chi connectivity index (χ2v) is 4.44. The quantitative estimate of drug-likeness (QED) is 0.653. The molecule has 6 nitrogen and oxygen atoms in total. The van der Waals surface area contributed by atoms with Crippen LogP contribution in [-0.4, -0.2) is 22.1 Å². The molecule has 0 saturated carbocycles. The molecule has 1 aromatic heterocycles. The van der Waals surface area contributed by atoms with E-state index in [4.69, 9.17) is 4.74 Å². The molecule has 0 fully saturated rings. The Morgan fingerprint density at radius 3 is 2.80 bits per heavy atom. The van der Waals surface area contributed by atoms with Crippen molar-refractivity contribution in [2.45, 2.75) is 26.3 Å². The number of aromatic amines is 1. The molecule has 0 aliphatic heterocycles. The van der Waals surface area contributed by atoms with Crippen molar-refractivity contribution >= 4 is 16.9 Å². The number of nitrogens with one attached hydrogen (secondary N) is 1. The predicted molar refractivity (Wildman–Crippen MR) is 74.7 cm³/mol. The van der Waals surface area contributed by atoms with E-state index in [0.29, 0.717) is 17.5 Å². The minimum Gasteiger partial charge on any atom is -0.464 e. The van der Waals surface area contributed by atoms with Crippen LogP contribution in [0.5, 0.6) is 0 Å². The van der Waals surface area contributed by atoms with Crippen LogP contribution in [0.3, 0.4) is 0 Å². The van der Waals surface area contributed by atoms with Gasteiger partial charge in [0.25, 0.3) is 5.56 Å². The smallest absolute Gasteiger partial charge is 0.329 e. The highest BCUT2D eigenvalue weighted by molar-refractivity contribution is 5.77. The zero-order chi connectivity index (χ0) is 14.5. The van der Waals surface area contributed by atoms with Gasteiger partial charge in [0.2, 0.25) is 0 Å². The number of hydrogen-bond acceptors (Lipinski definition) is 4. The van der Waals surface area contributed by atoms with Gasteiger partial charge >= 0.3 is 11.7 Å². The Morgan fingerprint density at radius 1 is 1.30 bits per heavy atom. The minimum absolute atomic E-state index is 0.301. The van der Waals surface area contributed by atoms with Gasteiger partial charge in [0, 0.05) is 0 Å². The van der Waals surface area contributed by atoms with Gasteiger partial charge in [0.15, 0.2) is 0 Å². The summed E-state index contributed by atoms with van der Waals surface area (Å²) in [5.41, 5.74) is -0.643. The largest absolute Gasteiger partial charge is 0.464 e. The van der Waals surface area contributed by atoms with Crippen LogP contribution in [0, 0.1) is 0 Å². The summed E-state index contributed by atoms with van der Waals surface area (Å²) >= 11 is 0. The fourth-order valence-electron chi connectivity index (χ4n) is 1.85. The normalized spacial score (nSPS) is 10.7. The van der Waals surface area contributed by atoms with Gasteiger partial charge in [-0.2, -0.15) is 0 Å². The van der Waals surface area contributed by atoms with E-state index in [0.717, 1.165) is 17.4 Å². The van der Waals surface area contributed by atoms with Crippen molar-refractivity contribution in [1.29, 1.82) is 0 Å². The fourth-order valence-corrected chi connectivity index (χ4v) is 1.85. The molecule has 0 unspecified atom stereocenters. The minimum atomic E-state index is -0.610. The summed E-state index contributed by atoms with van der Waals surface area (Å²) in [7, 11) is 0. The Bertz CT molecular complexity index is 730. The number of nitrogens with zero attached hydrogens (tertiary/aromatic N) is 1. The summed E-state index contributed by atoms with van der Waals surface area (Å²) in [5, 5.41) is 0.369. The molecule has 20 heavy (non-hydrogen) atoms. The highest BCUT2D eigenvalue weighted by Crippen LogP contribution is 2.02. The molecule has 106 valence electrons. The van der Waals surface area contributed by atoms with Gasteiger partial charge in [-0.3, -0.25) is 9.59 Å². The van der Waals surface area contributed by atoms with E-state index < -0.39 is 17.2 Å². The third kappa shape index (κ3) is 2.96. The lowest BCUT2D eigenvalue weighted by Gasteiger charge is -2.06. The summed E-state index contributed by atoms with van der Waals surface area (Å²) in [6.07, 6.45) is 1.67. The second kappa shape index (κ2) is 6.18. The molecule has 0 spiro atoms.